The summed E-state index contributed by atoms with van der Waals surface area (Å²) in [6.07, 6.45) is 3.78. The zero-order valence-electron chi connectivity index (χ0n) is 12.2. The summed E-state index contributed by atoms with van der Waals surface area (Å²) in [5.74, 6) is 0.0384. The normalized spacial score (nSPS) is 13.9. The van der Waals surface area contributed by atoms with Gasteiger partial charge in [-0.3, -0.25) is 9.78 Å². The molecule has 22 heavy (non-hydrogen) atoms. The molecule has 0 saturated heterocycles. The minimum Gasteiger partial charge on any atom is -0.308 e. The number of aromatic nitrogens is 1. The average Bonchev–Trinajstić information content (AvgIpc) is 2.60. The number of aryl methyl sites for hydroxylation is 1. The third-order valence-corrected chi connectivity index (χ3v) is 4.22. The Balaban J connectivity index is 1.82. The molecule has 0 unspecified atom stereocenters. The molecule has 2 heterocycles. The number of carbonyl (C=O) groups excluding carboxylic acids is 1. The Kier molecular flexibility index (Phi) is 3.11. The highest BCUT2D eigenvalue weighted by molar-refractivity contribution is 6.13. The Hall–Kier alpha value is -2.68. The Bertz CT molecular complexity index is 851. The average molecular weight is 288 g/mol. The molecule has 1 amide bonds. The van der Waals surface area contributed by atoms with Crippen molar-refractivity contribution in [3.63, 3.8) is 0 Å². The van der Waals surface area contributed by atoms with E-state index in [1.54, 1.807) is 6.20 Å². The lowest BCUT2D eigenvalue weighted by Gasteiger charge is -2.29. The summed E-state index contributed by atoms with van der Waals surface area (Å²) in [5.41, 5.74) is 3.73. The molecule has 0 spiro atoms. The quantitative estimate of drug-likeness (QED) is 0.682. The molecule has 0 aliphatic carbocycles. The number of fused-ring (bicyclic) bond motifs is 2. The van der Waals surface area contributed by atoms with E-state index in [2.05, 4.69) is 11.1 Å². The van der Waals surface area contributed by atoms with Gasteiger partial charge in [0.1, 0.15) is 0 Å². The summed E-state index contributed by atoms with van der Waals surface area (Å²) in [4.78, 5) is 19.4. The van der Waals surface area contributed by atoms with Gasteiger partial charge in [0.2, 0.25) is 0 Å². The van der Waals surface area contributed by atoms with E-state index in [0.29, 0.717) is 5.56 Å². The third-order valence-electron chi connectivity index (χ3n) is 4.22. The predicted molar refractivity (Wildman–Crippen MR) is 88.2 cm³/mol. The molecule has 0 fully saturated rings. The van der Waals surface area contributed by atoms with Gasteiger partial charge >= 0.3 is 0 Å². The first-order chi connectivity index (χ1) is 10.8. The number of amides is 1. The second-order valence-corrected chi connectivity index (χ2v) is 5.57. The first kappa shape index (κ1) is 13.0. The molecule has 1 aliphatic rings. The number of carbonyl (C=O) groups is 1. The fraction of sp³-hybridized carbons (Fsp3) is 0.158. The Morgan fingerprint density at radius 1 is 1.00 bits per heavy atom. The Labute approximate surface area is 129 Å². The second kappa shape index (κ2) is 5.26. The number of pyridine rings is 1. The molecule has 1 aromatic heterocycles. The van der Waals surface area contributed by atoms with E-state index in [0.717, 1.165) is 36.0 Å². The molecule has 108 valence electrons. The van der Waals surface area contributed by atoms with Gasteiger partial charge < -0.3 is 4.90 Å². The molecule has 1 aliphatic heterocycles. The lowest BCUT2D eigenvalue weighted by molar-refractivity contribution is 0.0986. The molecule has 4 rings (SSSR count). The van der Waals surface area contributed by atoms with E-state index in [9.17, 15) is 4.79 Å². The van der Waals surface area contributed by atoms with E-state index in [4.69, 9.17) is 0 Å². The highest BCUT2D eigenvalue weighted by Gasteiger charge is 2.24. The van der Waals surface area contributed by atoms with Crippen LogP contribution in [0.3, 0.4) is 0 Å². The zero-order chi connectivity index (χ0) is 14.9. The van der Waals surface area contributed by atoms with Gasteiger partial charge in [-0.2, -0.15) is 0 Å². The third kappa shape index (κ3) is 2.06. The first-order valence-corrected chi connectivity index (χ1v) is 7.58. The van der Waals surface area contributed by atoms with Crippen LogP contribution in [-0.4, -0.2) is 17.4 Å². The minimum absolute atomic E-state index is 0.0384. The minimum atomic E-state index is 0.0384. The molecular weight excluding hydrogens is 272 g/mol. The van der Waals surface area contributed by atoms with Crippen molar-refractivity contribution >= 4 is 22.5 Å². The van der Waals surface area contributed by atoms with Gasteiger partial charge in [0.25, 0.3) is 5.91 Å². The molecule has 2 aromatic carbocycles. The van der Waals surface area contributed by atoms with Crippen LogP contribution in [0, 0.1) is 0 Å². The number of nitrogens with zero attached hydrogens (tertiary/aromatic N) is 2. The molecule has 3 heteroatoms. The maximum Gasteiger partial charge on any atom is 0.260 e. The fourth-order valence-electron chi connectivity index (χ4n) is 3.17. The fourth-order valence-corrected chi connectivity index (χ4v) is 3.17. The van der Waals surface area contributed by atoms with Crippen LogP contribution in [0.5, 0.6) is 0 Å². The van der Waals surface area contributed by atoms with Crippen molar-refractivity contribution in [1.29, 1.82) is 0 Å². The van der Waals surface area contributed by atoms with Crippen molar-refractivity contribution in [2.45, 2.75) is 12.8 Å². The van der Waals surface area contributed by atoms with E-state index in [1.165, 1.54) is 5.56 Å². The van der Waals surface area contributed by atoms with Gasteiger partial charge in [-0.05, 0) is 36.6 Å². The standard InChI is InChI=1S/C19H16N2O/c22-19(16-10-3-7-15-8-4-12-20-18(15)16)21-13-5-9-14-6-1-2-11-17(14)21/h1-4,6-8,10-12H,5,9,13H2. The molecule has 0 atom stereocenters. The molecule has 0 N–H and O–H groups in total. The molecule has 0 bridgehead atoms. The summed E-state index contributed by atoms with van der Waals surface area (Å²) >= 11 is 0. The van der Waals surface area contributed by atoms with Crippen LogP contribution in [0.1, 0.15) is 22.3 Å². The maximum absolute atomic E-state index is 13.1. The van der Waals surface area contributed by atoms with Crippen molar-refractivity contribution in [2.24, 2.45) is 0 Å². The van der Waals surface area contributed by atoms with Crippen LogP contribution >= 0.6 is 0 Å². The molecule has 3 aromatic rings. The van der Waals surface area contributed by atoms with Gasteiger partial charge in [0.15, 0.2) is 0 Å². The number of hydrogen-bond acceptors (Lipinski definition) is 2. The second-order valence-electron chi connectivity index (χ2n) is 5.57. The summed E-state index contributed by atoms with van der Waals surface area (Å²) in [7, 11) is 0. The molecule has 3 nitrogen and oxygen atoms in total. The summed E-state index contributed by atoms with van der Waals surface area (Å²) < 4.78 is 0. The molecule has 0 saturated carbocycles. The van der Waals surface area contributed by atoms with Gasteiger partial charge in [-0.25, -0.2) is 0 Å². The monoisotopic (exact) mass is 288 g/mol. The highest BCUT2D eigenvalue weighted by Crippen LogP contribution is 2.29. The van der Waals surface area contributed by atoms with E-state index in [1.807, 2.05) is 53.4 Å². The topological polar surface area (TPSA) is 33.2 Å². The Morgan fingerprint density at radius 3 is 2.82 bits per heavy atom. The van der Waals surface area contributed by atoms with Crippen LogP contribution < -0.4 is 4.90 Å². The Morgan fingerprint density at radius 2 is 1.86 bits per heavy atom. The number of rotatable bonds is 1. The smallest absolute Gasteiger partial charge is 0.260 e. The van der Waals surface area contributed by atoms with Crippen molar-refractivity contribution in [1.82, 2.24) is 4.98 Å². The lowest BCUT2D eigenvalue weighted by atomic mass is 10.00. The van der Waals surface area contributed by atoms with Crippen molar-refractivity contribution in [2.75, 3.05) is 11.4 Å². The van der Waals surface area contributed by atoms with Crippen LogP contribution in [-0.2, 0) is 6.42 Å². The maximum atomic E-state index is 13.1. The zero-order valence-corrected chi connectivity index (χ0v) is 12.2. The number of benzene rings is 2. The number of anilines is 1. The summed E-state index contributed by atoms with van der Waals surface area (Å²) in [6.45, 7) is 0.763. The van der Waals surface area contributed by atoms with Gasteiger partial charge in [0, 0.05) is 23.8 Å². The molecule has 0 radical (unpaired) electrons. The van der Waals surface area contributed by atoms with Crippen LogP contribution in [0.25, 0.3) is 10.9 Å². The SMILES string of the molecule is O=C(c1cccc2cccnc12)N1CCCc2ccccc21. The lowest BCUT2D eigenvalue weighted by Crippen LogP contribution is -2.35. The van der Waals surface area contributed by atoms with Gasteiger partial charge in [-0.1, -0.05) is 36.4 Å². The van der Waals surface area contributed by atoms with Crippen LogP contribution in [0.15, 0.2) is 60.8 Å². The van der Waals surface area contributed by atoms with Crippen molar-refractivity contribution < 1.29 is 4.79 Å². The van der Waals surface area contributed by atoms with Crippen LogP contribution in [0.2, 0.25) is 0 Å². The van der Waals surface area contributed by atoms with Crippen LogP contribution in [0.4, 0.5) is 5.69 Å². The molecular formula is C19H16N2O. The van der Waals surface area contributed by atoms with Gasteiger partial charge in [0.05, 0.1) is 11.1 Å². The predicted octanol–water partition coefficient (Wildman–Crippen LogP) is 3.83. The number of hydrogen-bond donors (Lipinski definition) is 0. The summed E-state index contributed by atoms with van der Waals surface area (Å²) in [6, 6.07) is 17.8. The summed E-state index contributed by atoms with van der Waals surface area (Å²) in [5, 5.41) is 0.999. The van der Waals surface area contributed by atoms with Crippen molar-refractivity contribution in [3.8, 4) is 0 Å². The number of para-hydroxylation sites is 2. The van der Waals surface area contributed by atoms with Crippen molar-refractivity contribution in [3.05, 3.63) is 71.9 Å². The highest BCUT2D eigenvalue weighted by atomic mass is 16.2. The van der Waals surface area contributed by atoms with E-state index < -0.39 is 0 Å². The van der Waals surface area contributed by atoms with E-state index in [-0.39, 0.29) is 5.91 Å². The largest absolute Gasteiger partial charge is 0.308 e. The van der Waals surface area contributed by atoms with E-state index >= 15 is 0 Å². The van der Waals surface area contributed by atoms with Gasteiger partial charge in [-0.15, -0.1) is 0 Å². The first-order valence-electron chi connectivity index (χ1n) is 7.58.